The Morgan fingerprint density at radius 3 is 3.11 bits per heavy atom. The molecular weight excluding hydrogens is 240 g/mol. The standard InChI is InChI=1S/C14H22N4O/c1-10-12-5-6-15-8-13(12)17-14(16-10)19-9-11-4-3-7-18(11)2/h11,15H,3-9H2,1-2H3/t11-/m0/s1. The zero-order valence-electron chi connectivity index (χ0n) is 11.8. The van der Waals surface area contributed by atoms with Crippen LogP contribution in [0.4, 0.5) is 0 Å². The molecule has 3 heterocycles. The van der Waals surface area contributed by atoms with E-state index in [2.05, 4.69) is 34.2 Å². The van der Waals surface area contributed by atoms with E-state index in [1.165, 1.54) is 24.9 Å². The zero-order chi connectivity index (χ0) is 13.2. The second-order valence-electron chi connectivity index (χ2n) is 5.53. The lowest BCUT2D eigenvalue weighted by Crippen LogP contribution is -2.31. The van der Waals surface area contributed by atoms with Gasteiger partial charge in [-0.3, -0.25) is 0 Å². The summed E-state index contributed by atoms with van der Waals surface area (Å²) >= 11 is 0. The Bertz CT molecular complexity index is 463. The molecule has 0 amide bonds. The van der Waals surface area contributed by atoms with Crippen LogP contribution in [0, 0.1) is 6.92 Å². The van der Waals surface area contributed by atoms with Gasteiger partial charge in [0.25, 0.3) is 0 Å². The van der Waals surface area contributed by atoms with Crippen LogP contribution >= 0.6 is 0 Å². The quantitative estimate of drug-likeness (QED) is 0.877. The molecule has 0 bridgehead atoms. The average molecular weight is 262 g/mol. The fourth-order valence-electron chi connectivity index (χ4n) is 2.94. The number of aryl methyl sites for hydroxylation is 1. The molecule has 1 fully saturated rings. The molecule has 1 saturated heterocycles. The monoisotopic (exact) mass is 262 g/mol. The van der Waals surface area contributed by atoms with Crippen molar-refractivity contribution >= 4 is 0 Å². The molecule has 0 unspecified atom stereocenters. The van der Waals surface area contributed by atoms with Gasteiger partial charge in [-0.1, -0.05) is 0 Å². The van der Waals surface area contributed by atoms with Crippen LogP contribution in [0.3, 0.4) is 0 Å². The second-order valence-corrected chi connectivity index (χ2v) is 5.53. The normalized spacial score (nSPS) is 23.4. The third-order valence-electron chi connectivity index (χ3n) is 4.20. The maximum Gasteiger partial charge on any atom is 0.316 e. The summed E-state index contributed by atoms with van der Waals surface area (Å²) in [6, 6.07) is 1.05. The number of aromatic nitrogens is 2. The Morgan fingerprint density at radius 2 is 2.32 bits per heavy atom. The third-order valence-corrected chi connectivity index (χ3v) is 4.20. The highest BCUT2D eigenvalue weighted by Gasteiger charge is 2.22. The predicted octanol–water partition coefficient (Wildman–Crippen LogP) is 0.904. The van der Waals surface area contributed by atoms with Crippen molar-refractivity contribution in [1.29, 1.82) is 0 Å². The van der Waals surface area contributed by atoms with Crippen molar-refractivity contribution in [3.63, 3.8) is 0 Å². The lowest BCUT2D eigenvalue weighted by molar-refractivity contribution is 0.187. The molecule has 0 aromatic carbocycles. The highest BCUT2D eigenvalue weighted by molar-refractivity contribution is 5.28. The van der Waals surface area contributed by atoms with E-state index in [1.807, 2.05) is 0 Å². The molecule has 19 heavy (non-hydrogen) atoms. The maximum atomic E-state index is 5.82. The van der Waals surface area contributed by atoms with Crippen LogP contribution in [-0.2, 0) is 13.0 Å². The maximum absolute atomic E-state index is 5.82. The van der Waals surface area contributed by atoms with Crippen LogP contribution in [0.15, 0.2) is 0 Å². The molecule has 3 rings (SSSR count). The van der Waals surface area contributed by atoms with Gasteiger partial charge in [-0.25, -0.2) is 4.98 Å². The van der Waals surface area contributed by atoms with Crippen molar-refractivity contribution in [2.75, 3.05) is 26.7 Å². The molecule has 5 heteroatoms. The molecule has 1 atom stereocenters. The van der Waals surface area contributed by atoms with Gasteiger partial charge < -0.3 is 15.0 Å². The third kappa shape index (κ3) is 2.72. The van der Waals surface area contributed by atoms with E-state index >= 15 is 0 Å². The van der Waals surface area contributed by atoms with E-state index in [0.717, 1.165) is 30.9 Å². The van der Waals surface area contributed by atoms with Gasteiger partial charge in [0.15, 0.2) is 0 Å². The number of nitrogens with zero attached hydrogens (tertiary/aromatic N) is 3. The number of likely N-dealkylation sites (tertiary alicyclic amines) is 1. The van der Waals surface area contributed by atoms with Gasteiger partial charge in [0.05, 0.1) is 5.69 Å². The number of hydrogen-bond donors (Lipinski definition) is 1. The van der Waals surface area contributed by atoms with Gasteiger partial charge >= 0.3 is 6.01 Å². The smallest absolute Gasteiger partial charge is 0.316 e. The van der Waals surface area contributed by atoms with Gasteiger partial charge in [0.2, 0.25) is 0 Å². The topological polar surface area (TPSA) is 50.3 Å². The Morgan fingerprint density at radius 1 is 1.42 bits per heavy atom. The summed E-state index contributed by atoms with van der Waals surface area (Å²) in [6.07, 6.45) is 3.49. The number of rotatable bonds is 3. The van der Waals surface area contributed by atoms with Crippen LogP contribution in [-0.4, -0.2) is 47.7 Å². The first kappa shape index (κ1) is 12.8. The van der Waals surface area contributed by atoms with E-state index in [-0.39, 0.29) is 0 Å². The van der Waals surface area contributed by atoms with Crippen LogP contribution < -0.4 is 10.1 Å². The van der Waals surface area contributed by atoms with Crippen molar-refractivity contribution in [1.82, 2.24) is 20.2 Å². The van der Waals surface area contributed by atoms with E-state index < -0.39 is 0 Å². The Kier molecular flexibility index (Phi) is 3.66. The van der Waals surface area contributed by atoms with Crippen molar-refractivity contribution in [3.8, 4) is 6.01 Å². The van der Waals surface area contributed by atoms with Crippen LogP contribution in [0.1, 0.15) is 29.8 Å². The average Bonchev–Trinajstić information content (AvgIpc) is 2.82. The fraction of sp³-hybridized carbons (Fsp3) is 0.714. The zero-order valence-corrected chi connectivity index (χ0v) is 11.8. The molecule has 0 aliphatic carbocycles. The van der Waals surface area contributed by atoms with Gasteiger partial charge in [0.1, 0.15) is 6.61 Å². The Balaban J connectivity index is 1.69. The fourth-order valence-corrected chi connectivity index (χ4v) is 2.94. The number of hydrogen-bond acceptors (Lipinski definition) is 5. The highest BCUT2D eigenvalue weighted by atomic mass is 16.5. The SMILES string of the molecule is Cc1nc(OC[C@@H]2CCCN2C)nc2c1CCNC2. The van der Waals surface area contributed by atoms with E-state index in [4.69, 9.17) is 4.74 Å². The van der Waals surface area contributed by atoms with Gasteiger partial charge in [-0.05, 0) is 51.9 Å². The Labute approximate surface area is 114 Å². The van der Waals surface area contributed by atoms with Gasteiger partial charge in [-0.2, -0.15) is 4.98 Å². The lowest BCUT2D eigenvalue weighted by atomic mass is 10.1. The molecular formula is C14H22N4O. The number of likely N-dealkylation sites (N-methyl/N-ethyl adjacent to an activating group) is 1. The van der Waals surface area contributed by atoms with Crippen molar-refractivity contribution < 1.29 is 4.74 Å². The van der Waals surface area contributed by atoms with Crippen molar-refractivity contribution in [2.24, 2.45) is 0 Å². The minimum Gasteiger partial charge on any atom is -0.462 e. The molecule has 1 aromatic rings. The summed E-state index contributed by atoms with van der Waals surface area (Å²) in [6.45, 7) is 5.77. The summed E-state index contributed by atoms with van der Waals surface area (Å²) in [4.78, 5) is 11.4. The first-order chi connectivity index (χ1) is 9.24. The van der Waals surface area contributed by atoms with Crippen LogP contribution in [0.5, 0.6) is 6.01 Å². The van der Waals surface area contributed by atoms with Gasteiger partial charge in [0, 0.05) is 18.3 Å². The highest BCUT2D eigenvalue weighted by Crippen LogP contribution is 2.19. The predicted molar refractivity (Wildman–Crippen MR) is 73.3 cm³/mol. The second kappa shape index (κ2) is 5.43. The molecule has 0 saturated carbocycles. The largest absolute Gasteiger partial charge is 0.462 e. The minimum absolute atomic E-state index is 0.512. The number of ether oxygens (including phenoxy) is 1. The van der Waals surface area contributed by atoms with Crippen LogP contribution in [0.25, 0.3) is 0 Å². The van der Waals surface area contributed by atoms with Crippen LogP contribution in [0.2, 0.25) is 0 Å². The molecule has 1 N–H and O–H groups in total. The summed E-state index contributed by atoms with van der Waals surface area (Å²) < 4.78 is 5.82. The first-order valence-corrected chi connectivity index (χ1v) is 7.14. The van der Waals surface area contributed by atoms with Gasteiger partial charge in [-0.15, -0.1) is 0 Å². The van der Waals surface area contributed by atoms with E-state index in [1.54, 1.807) is 0 Å². The Hall–Kier alpha value is -1.20. The summed E-state index contributed by atoms with van der Waals surface area (Å²) in [5, 5.41) is 3.35. The number of nitrogens with one attached hydrogen (secondary N) is 1. The molecule has 1 aromatic heterocycles. The number of fused-ring (bicyclic) bond motifs is 1. The molecule has 5 nitrogen and oxygen atoms in total. The molecule has 0 spiro atoms. The summed E-state index contributed by atoms with van der Waals surface area (Å²) in [5.41, 5.74) is 3.47. The van der Waals surface area contributed by atoms with Crippen molar-refractivity contribution in [3.05, 3.63) is 17.0 Å². The minimum atomic E-state index is 0.512. The molecule has 2 aliphatic heterocycles. The lowest BCUT2D eigenvalue weighted by Gasteiger charge is -2.21. The van der Waals surface area contributed by atoms with E-state index in [0.29, 0.717) is 18.7 Å². The first-order valence-electron chi connectivity index (χ1n) is 7.14. The molecule has 0 radical (unpaired) electrons. The molecule has 2 aliphatic rings. The van der Waals surface area contributed by atoms with Crippen molar-refractivity contribution in [2.45, 2.75) is 38.8 Å². The van der Waals surface area contributed by atoms with E-state index in [9.17, 15) is 0 Å². The summed E-state index contributed by atoms with van der Waals surface area (Å²) in [5.74, 6) is 0. The molecule has 104 valence electrons. The summed E-state index contributed by atoms with van der Waals surface area (Å²) in [7, 11) is 2.16.